The first-order valence-electron chi connectivity index (χ1n) is 9.93. The molecule has 1 atom stereocenters. The van der Waals surface area contributed by atoms with Crippen LogP contribution in [-0.2, 0) is 14.4 Å². The second kappa shape index (κ2) is 12.0. The average Bonchev–Trinajstić information content (AvgIpc) is 2.74. The number of nitrogens with one attached hydrogen (secondary N) is 3. The van der Waals surface area contributed by atoms with Crippen molar-refractivity contribution in [3.63, 3.8) is 0 Å². The maximum atomic E-state index is 12.2. The minimum Gasteiger partial charge on any atom is -0.481 e. The van der Waals surface area contributed by atoms with Crippen molar-refractivity contribution in [3.05, 3.63) is 63.8 Å². The highest BCUT2D eigenvalue weighted by molar-refractivity contribution is 5.85. The number of nitro benzene ring substituents is 1. The number of hydrogen-bond donors (Lipinski definition) is 4. The van der Waals surface area contributed by atoms with Gasteiger partial charge >= 0.3 is 5.97 Å². The van der Waals surface area contributed by atoms with Crippen molar-refractivity contribution in [3.8, 4) is 0 Å². The summed E-state index contributed by atoms with van der Waals surface area (Å²) in [6.07, 6.45) is 2.02. The summed E-state index contributed by atoms with van der Waals surface area (Å²) in [6.45, 7) is 2.18. The number of carbonyl (C=O) groups is 3. The highest BCUT2D eigenvalue weighted by Crippen LogP contribution is 2.20. The number of aliphatic carboxylic acids is 1. The van der Waals surface area contributed by atoms with E-state index in [1.54, 1.807) is 6.20 Å². The van der Waals surface area contributed by atoms with Gasteiger partial charge in [0.2, 0.25) is 11.8 Å². The van der Waals surface area contributed by atoms with E-state index < -0.39 is 29.3 Å². The van der Waals surface area contributed by atoms with Crippen molar-refractivity contribution in [2.45, 2.75) is 32.2 Å². The number of benzene rings is 1. The number of pyridine rings is 1. The van der Waals surface area contributed by atoms with Crippen LogP contribution in [0.1, 0.15) is 36.4 Å². The molecule has 0 aliphatic carbocycles. The number of anilines is 1. The van der Waals surface area contributed by atoms with Gasteiger partial charge in [0.1, 0.15) is 5.82 Å². The Balaban J connectivity index is 1.77. The predicted molar refractivity (Wildman–Crippen MR) is 116 cm³/mol. The Bertz CT molecular complexity index is 963. The molecule has 1 aromatic heterocycles. The Morgan fingerprint density at radius 2 is 1.88 bits per heavy atom. The van der Waals surface area contributed by atoms with Crippen LogP contribution in [0.15, 0.2) is 42.6 Å². The van der Waals surface area contributed by atoms with E-state index in [4.69, 9.17) is 5.11 Å². The van der Waals surface area contributed by atoms with Crippen LogP contribution in [0, 0.1) is 17.0 Å². The second-order valence-corrected chi connectivity index (χ2v) is 7.09. The molecule has 0 aliphatic rings. The van der Waals surface area contributed by atoms with Gasteiger partial charge in [-0.3, -0.25) is 24.5 Å². The SMILES string of the molecule is Cc1ccnc(NCCCC(=O)NCC(=O)NC(CC(=O)O)c2ccc([N+](=O)[O-])cc2)c1. The summed E-state index contributed by atoms with van der Waals surface area (Å²) in [5.41, 5.74) is 1.34. The predicted octanol–water partition coefficient (Wildman–Crippen LogP) is 1.94. The number of non-ortho nitro benzene ring substituents is 1. The highest BCUT2D eigenvalue weighted by Gasteiger charge is 2.19. The van der Waals surface area contributed by atoms with Gasteiger partial charge in [-0.05, 0) is 36.6 Å². The summed E-state index contributed by atoms with van der Waals surface area (Å²) < 4.78 is 0. The van der Waals surface area contributed by atoms with Gasteiger partial charge in [0, 0.05) is 31.3 Å². The van der Waals surface area contributed by atoms with Crippen molar-refractivity contribution in [1.29, 1.82) is 0 Å². The third-order valence-electron chi connectivity index (χ3n) is 4.47. The standard InChI is InChI=1S/C21H25N5O6/c1-14-8-10-23-18(11-14)22-9-2-3-19(27)24-13-20(28)25-17(12-21(29)30)15-4-6-16(7-5-15)26(31)32/h4-8,10-11,17H,2-3,9,12-13H2,1H3,(H,22,23)(H,24,27)(H,25,28)(H,29,30). The van der Waals surface area contributed by atoms with Crippen LogP contribution >= 0.6 is 0 Å². The average molecular weight is 443 g/mol. The molecule has 0 spiro atoms. The minimum absolute atomic E-state index is 0.144. The smallest absolute Gasteiger partial charge is 0.305 e. The van der Waals surface area contributed by atoms with Crippen LogP contribution in [0.25, 0.3) is 0 Å². The highest BCUT2D eigenvalue weighted by atomic mass is 16.6. The quantitative estimate of drug-likeness (QED) is 0.220. The molecule has 1 heterocycles. The summed E-state index contributed by atoms with van der Waals surface area (Å²) in [5, 5.41) is 28.0. The van der Waals surface area contributed by atoms with Gasteiger partial charge in [0.05, 0.1) is 23.9 Å². The van der Waals surface area contributed by atoms with Crippen LogP contribution < -0.4 is 16.0 Å². The van der Waals surface area contributed by atoms with Crippen molar-refractivity contribution in [2.24, 2.45) is 0 Å². The number of carboxylic acid groups (broad SMARTS) is 1. The Labute approximate surface area is 184 Å². The third-order valence-corrected chi connectivity index (χ3v) is 4.47. The van der Waals surface area contributed by atoms with E-state index in [0.29, 0.717) is 18.5 Å². The number of rotatable bonds is 12. The summed E-state index contributed by atoms with van der Waals surface area (Å²) in [7, 11) is 0. The fourth-order valence-corrected chi connectivity index (χ4v) is 2.87. The Morgan fingerprint density at radius 1 is 1.16 bits per heavy atom. The molecule has 0 aliphatic heterocycles. The molecular weight excluding hydrogens is 418 g/mol. The molecule has 2 rings (SSSR count). The van der Waals surface area contributed by atoms with E-state index in [9.17, 15) is 24.5 Å². The minimum atomic E-state index is -1.15. The molecule has 0 radical (unpaired) electrons. The second-order valence-electron chi connectivity index (χ2n) is 7.09. The first-order chi connectivity index (χ1) is 15.2. The van der Waals surface area contributed by atoms with E-state index in [0.717, 1.165) is 11.4 Å². The Hall–Kier alpha value is -4.02. The summed E-state index contributed by atoms with van der Waals surface area (Å²) in [4.78, 5) is 49.6. The van der Waals surface area contributed by atoms with E-state index in [1.807, 2.05) is 19.1 Å². The van der Waals surface area contributed by atoms with Crippen LogP contribution in [0.5, 0.6) is 0 Å². The summed E-state index contributed by atoms with van der Waals surface area (Å²) >= 11 is 0. The van der Waals surface area contributed by atoms with Crippen molar-refractivity contribution >= 4 is 29.3 Å². The molecule has 1 aromatic carbocycles. The lowest BCUT2D eigenvalue weighted by molar-refractivity contribution is -0.384. The summed E-state index contributed by atoms with van der Waals surface area (Å²) in [6, 6.07) is 8.14. The number of nitro groups is 1. The van der Waals surface area contributed by atoms with E-state index in [1.165, 1.54) is 24.3 Å². The van der Waals surface area contributed by atoms with Gasteiger partial charge in [0.15, 0.2) is 0 Å². The number of nitrogens with zero attached hydrogens (tertiary/aromatic N) is 2. The van der Waals surface area contributed by atoms with E-state index in [2.05, 4.69) is 20.9 Å². The normalized spacial score (nSPS) is 11.3. The first kappa shape index (κ1) is 24.3. The molecule has 2 aromatic rings. The van der Waals surface area contributed by atoms with Gasteiger partial charge in [-0.1, -0.05) is 12.1 Å². The molecule has 2 amide bonds. The maximum absolute atomic E-state index is 12.2. The number of carbonyl (C=O) groups excluding carboxylic acids is 2. The van der Waals surface area contributed by atoms with Crippen LogP contribution in [0.3, 0.4) is 0 Å². The van der Waals surface area contributed by atoms with Crippen molar-refractivity contribution < 1.29 is 24.4 Å². The van der Waals surface area contributed by atoms with Crippen molar-refractivity contribution in [1.82, 2.24) is 15.6 Å². The van der Waals surface area contributed by atoms with Gasteiger partial charge in [-0.15, -0.1) is 0 Å². The zero-order chi connectivity index (χ0) is 23.5. The topological polar surface area (TPSA) is 164 Å². The van der Waals surface area contributed by atoms with Crippen LogP contribution in [-0.4, -0.2) is 45.9 Å². The van der Waals surface area contributed by atoms with Crippen LogP contribution in [0.2, 0.25) is 0 Å². The fourth-order valence-electron chi connectivity index (χ4n) is 2.87. The molecule has 0 bridgehead atoms. The number of amides is 2. The number of aromatic nitrogens is 1. The lowest BCUT2D eigenvalue weighted by Gasteiger charge is -2.17. The largest absolute Gasteiger partial charge is 0.481 e. The van der Waals surface area contributed by atoms with Gasteiger partial charge < -0.3 is 21.1 Å². The Morgan fingerprint density at radius 3 is 2.50 bits per heavy atom. The van der Waals surface area contributed by atoms with Crippen LogP contribution in [0.4, 0.5) is 11.5 Å². The molecule has 32 heavy (non-hydrogen) atoms. The summed E-state index contributed by atoms with van der Waals surface area (Å²) in [5.74, 6) is -1.30. The van der Waals surface area contributed by atoms with Gasteiger partial charge in [-0.2, -0.15) is 0 Å². The first-order valence-corrected chi connectivity index (χ1v) is 9.93. The molecule has 11 heteroatoms. The molecule has 1 unspecified atom stereocenters. The third kappa shape index (κ3) is 8.38. The maximum Gasteiger partial charge on any atom is 0.305 e. The number of aryl methyl sites for hydroxylation is 1. The van der Waals surface area contributed by atoms with E-state index >= 15 is 0 Å². The lowest BCUT2D eigenvalue weighted by Crippen LogP contribution is -2.39. The van der Waals surface area contributed by atoms with E-state index in [-0.39, 0.29) is 24.6 Å². The number of hydrogen-bond acceptors (Lipinski definition) is 7. The monoisotopic (exact) mass is 443 g/mol. The molecule has 0 fully saturated rings. The van der Waals surface area contributed by atoms with Gasteiger partial charge in [0.25, 0.3) is 5.69 Å². The molecule has 0 saturated carbocycles. The lowest BCUT2D eigenvalue weighted by atomic mass is 10.0. The molecular formula is C21H25N5O6. The zero-order valence-corrected chi connectivity index (χ0v) is 17.5. The Kier molecular flexibility index (Phi) is 9.08. The van der Waals surface area contributed by atoms with Gasteiger partial charge in [-0.25, -0.2) is 4.98 Å². The van der Waals surface area contributed by atoms with Crippen molar-refractivity contribution in [2.75, 3.05) is 18.4 Å². The molecule has 170 valence electrons. The molecule has 0 saturated heterocycles. The fraction of sp³-hybridized carbons (Fsp3) is 0.333. The number of carboxylic acids is 1. The molecule has 4 N–H and O–H groups in total. The zero-order valence-electron chi connectivity index (χ0n) is 17.5. The molecule has 11 nitrogen and oxygen atoms in total.